The smallest absolute Gasteiger partial charge is 0.333 e. The van der Waals surface area contributed by atoms with Crippen molar-refractivity contribution in [2.75, 3.05) is 4.90 Å². The van der Waals surface area contributed by atoms with Gasteiger partial charge in [0.1, 0.15) is 18.1 Å². The number of benzene rings is 3. The summed E-state index contributed by atoms with van der Waals surface area (Å²) in [5, 5.41) is 12.4. The predicted molar refractivity (Wildman–Crippen MR) is 133 cm³/mol. The average molecular weight is 588 g/mol. The topological polar surface area (TPSA) is 82.4 Å². The Morgan fingerprint density at radius 2 is 1.73 bits per heavy atom. The zero-order chi connectivity index (χ0) is 23.5. The maximum absolute atomic E-state index is 12.8. The molecule has 3 amide bonds. The molecule has 9 heteroatoms. The Hall–Kier alpha value is -3.12. The van der Waals surface area contributed by atoms with Gasteiger partial charge < -0.3 is 10.1 Å². The van der Waals surface area contributed by atoms with Crippen molar-refractivity contribution in [1.29, 1.82) is 5.26 Å². The summed E-state index contributed by atoms with van der Waals surface area (Å²) < 4.78 is 7.21. The minimum Gasteiger partial charge on any atom is -0.486 e. The van der Waals surface area contributed by atoms with Gasteiger partial charge in [-0.1, -0.05) is 29.8 Å². The van der Waals surface area contributed by atoms with Crippen LogP contribution in [-0.4, -0.2) is 11.9 Å². The van der Waals surface area contributed by atoms with Crippen LogP contribution in [0, 0.1) is 11.3 Å². The highest BCUT2D eigenvalue weighted by atomic mass is 79.9. The van der Waals surface area contributed by atoms with E-state index >= 15 is 0 Å². The second-order valence-corrected chi connectivity index (χ2v) is 9.12. The summed E-state index contributed by atoms with van der Waals surface area (Å²) in [5.74, 6) is 0.0810. The van der Waals surface area contributed by atoms with E-state index in [0.29, 0.717) is 36.5 Å². The Bertz CT molecular complexity index is 1310. The van der Waals surface area contributed by atoms with Crippen molar-refractivity contribution < 1.29 is 14.3 Å². The van der Waals surface area contributed by atoms with Crippen molar-refractivity contribution in [3.8, 4) is 11.8 Å². The molecule has 0 aromatic heterocycles. The lowest BCUT2D eigenvalue weighted by molar-refractivity contribution is -0.113. The second kappa shape index (κ2) is 9.79. The molecule has 3 aromatic carbocycles. The molecule has 1 aliphatic rings. The lowest BCUT2D eigenvalue weighted by atomic mass is 10.1. The van der Waals surface area contributed by atoms with Crippen LogP contribution in [0.15, 0.2) is 75.3 Å². The average Bonchev–Trinajstić information content (AvgIpc) is 3.07. The highest BCUT2D eigenvalue weighted by molar-refractivity contribution is 9.11. The number of imide groups is 1. The number of urea groups is 1. The normalized spacial score (nSPS) is 14.4. The number of hydrogen-bond acceptors (Lipinski definition) is 4. The van der Waals surface area contributed by atoms with E-state index in [1.54, 1.807) is 54.6 Å². The van der Waals surface area contributed by atoms with Crippen LogP contribution >= 0.6 is 43.5 Å². The molecule has 6 nitrogen and oxygen atoms in total. The van der Waals surface area contributed by atoms with Crippen LogP contribution in [0.2, 0.25) is 5.02 Å². The number of carbonyl (C=O) groups is 2. The van der Waals surface area contributed by atoms with Gasteiger partial charge in [0.15, 0.2) is 0 Å². The molecule has 33 heavy (non-hydrogen) atoms. The Labute approximate surface area is 211 Å². The fourth-order valence-electron chi connectivity index (χ4n) is 3.23. The number of nitrogens with one attached hydrogen (secondary N) is 1. The number of rotatable bonds is 5. The number of nitriles is 1. The summed E-state index contributed by atoms with van der Waals surface area (Å²) in [6, 6.07) is 18.8. The number of carbonyl (C=O) groups excluding carboxylic acids is 2. The Morgan fingerprint density at radius 1 is 1.06 bits per heavy atom. The molecule has 1 fully saturated rings. The van der Waals surface area contributed by atoms with Crippen LogP contribution in [0.5, 0.6) is 5.75 Å². The lowest BCUT2D eigenvalue weighted by Gasteiger charge is -2.12. The van der Waals surface area contributed by atoms with Gasteiger partial charge in [0.2, 0.25) is 0 Å². The van der Waals surface area contributed by atoms with E-state index in [1.807, 2.05) is 12.1 Å². The molecule has 4 rings (SSSR count). The maximum Gasteiger partial charge on any atom is 0.333 e. The lowest BCUT2D eigenvalue weighted by Crippen LogP contribution is -2.30. The minimum absolute atomic E-state index is 0.144. The monoisotopic (exact) mass is 585 g/mol. The van der Waals surface area contributed by atoms with Crippen LogP contribution in [0.25, 0.3) is 6.08 Å². The van der Waals surface area contributed by atoms with Crippen molar-refractivity contribution >= 4 is 67.2 Å². The van der Waals surface area contributed by atoms with Crippen LogP contribution in [0.4, 0.5) is 10.5 Å². The third-order valence-electron chi connectivity index (χ3n) is 4.80. The van der Waals surface area contributed by atoms with Gasteiger partial charge in [-0.2, -0.15) is 5.26 Å². The third kappa shape index (κ3) is 4.96. The van der Waals surface area contributed by atoms with Gasteiger partial charge >= 0.3 is 6.03 Å². The zero-order valence-corrected chi connectivity index (χ0v) is 20.7. The number of halogens is 3. The number of amides is 3. The zero-order valence-electron chi connectivity index (χ0n) is 16.8. The van der Waals surface area contributed by atoms with Gasteiger partial charge in [-0.25, -0.2) is 9.69 Å². The standard InChI is InChI=1S/C24H14Br2ClN3O3/c25-19-9-14(10-20(26)22(19)33-13-16-4-2-1-3-15(16)12-28)11-21-23(31)30(24(32)29-21)18-7-5-17(27)6-8-18/h1-11H,13H2,(H,29,32)/b21-11+. The molecule has 164 valence electrons. The first-order valence-corrected chi connectivity index (χ1v) is 11.6. The Balaban J connectivity index is 1.55. The molecule has 0 atom stereocenters. The molecule has 0 spiro atoms. The fraction of sp³-hybridized carbons (Fsp3) is 0.0417. The van der Waals surface area contributed by atoms with E-state index < -0.39 is 11.9 Å². The summed E-state index contributed by atoms with van der Waals surface area (Å²) in [7, 11) is 0. The summed E-state index contributed by atoms with van der Waals surface area (Å²) in [6.45, 7) is 0.214. The van der Waals surface area contributed by atoms with Crippen LogP contribution < -0.4 is 15.0 Å². The van der Waals surface area contributed by atoms with Crippen molar-refractivity contribution in [1.82, 2.24) is 5.32 Å². The van der Waals surface area contributed by atoms with Crippen LogP contribution in [-0.2, 0) is 11.4 Å². The van der Waals surface area contributed by atoms with Gasteiger partial charge in [-0.15, -0.1) is 0 Å². The molecule has 0 aliphatic carbocycles. The SMILES string of the molecule is N#Cc1ccccc1COc1c(Br)cc(/C=C2/NC(=O)N(c3ccc(Cl)cc3)C2=O)cc1Br. The summed E-state index contributed by atoms with van der Waals surface area (Å²) in [6.07, 6.45) is 1.58. The number of nitrogens with zero attached hydrogens (tertiary/aromatic N) is 2. The molecule has 1 heterocycles. The summed E-state index contributed by atoms with van der Waals surface area (Å²) in [4.78, 5) is 26.3. The maximum atomic E-state index is 12.8. The molecule has 0 bridgehead atoms. The fourth-order valence-corrected chi connectivity index (χ4v) is 4.81. The van der Waals surface area contributed by atoms with E-state index in [2.05, 4.69) is 43.2 Å². The molecule has 0 radical (unpaired) electrons. The molecule has 1 N–H and O–H groups in total. The molecule has 0 unspecified atom stereocenters. The van der Waals surface area contributed by atoms with Gasteiger partial charge in [-0.3, -0.25) is 4.79 Å². The van der Waals surface area contributed by atoms with Crippen molar-refractivity contribution in [3.63, 3.8) is 0 Å². The first-order chi connectivity index (χ1) is 15.9. The van der Waals surface area contributed by atoms with Gasteiger partial charge in [0.05, 0.1) is 26.3 Å². The summed E-state index contributed by atoms with van der Waals surface area (Å²) in [5.41, 5.74) is 2.55. The highest BCUT2D eigenvalue weighted by Crippen LogP contribution is 2.36. The molecular weight excluding hydrogens is 574 g/mol. The van der Waals surface area contributed by atoms with Crippen molar-refractivity contribution in [3.05, 3.63) is 97.0 Å². The highest BCUT2D eigenvalue weighted by Gasteiger charge is 2.34. The largest absolute Gasteiger partial charge is 0.486 e. The molecular formula is C24H14Br2ClN3O3. The molecule has 0 saturated carbocycles. The van der Waals surface area contributed by atoms with E-state index in [-0.39, 0.29) is 12.3 Å². The second-order valence-electron chi connectivity index (χ2n) is 6.98. The molecule has 3 aromatic rings. The minimum atomic E-state index is -0.539. The van der Waals surface area contributed by atoms with Gasteiger partial charge in [0, 0.05) is 10.6 Å². The number of ether oxygens (including phenoxy) is 1. The quantitative estimate of drug-likeness (QED) is 0.276. The number of anilines is 1. The van der Waals surface area contributed by atoms with Crippen molar-refractivity contribution in [2.24, 2.45) is 0 Å². The predicted octanol–water partition coefficient (Wildman–Crippen LogP) is 6.41. The first kappa shape index (κ1) is 23.1. The van der Waals surface area contributed by atoms with Crippen LogP contribution in [0.1, 0.15) is 16.7 Å². The first-order valence-electron chi connectivity index (χ1n) is 9.60. The third-order valence-corrected chi connectivity index (χ3v) is 6.23. The van der Waals surface area contributed by atoms with Crippen LogP contribution in [0.3, 0.4) is 0 Å². The van der Waals surface area contributed by atoms with E-state index in [4.69, 9.17) is 16.3 Å². The Morgan fingerprint density at radius 3 is 2.39 bits per heavy atom. The molecule has 1 aliphatic heterocycles. The van der Waals surface area contributed by atoms with E-state index in [1.165, 1.54) is 0 Å². The summed E-state index contributed by atoms with van der Waals surface area (Å²) >= 11 is 12.9. The van der Waals surface area contributed by atoms with Gasteiger partial charge in [0.25, 0.3) is 5.91 Å². The van der Waals surface area contributed by atoms with E-state index in [0.717, 1.165) is 10.5 Å². The van der Waals surface area contributed by atoms with Gasteiger partial charge in [-0.05, 0) is 86.0 Å². The van der Waals surface area contributed by atoms with Crippen molar-refractivity contribution in [2.45, 2.75) is 6.61 Å². The Kier molecular flexibility index (Phi) is 6.84. The van der Waals surface area contributed by atoms with E-state index in [9.17, 15) is 14.9 Å². The number of hydrogen-bond donors (Lipinski definition) is 1. The molecule has 1 saturated heterocycles.